The lowest BCUT2D eigenvalue weighted by molar-refractivity contribution is -0.126. The van der Waals surface area contributed by atoms with Gasteiger partial charge in [-0.05, 0) is 31.6 Å². The second kappa shape index (κ2) is 7.11. The number of hydrogen-bond donors (Lipinski definition) is 1. The van der Waals surface area contributed by atoms with Gasteiger partial charge in [-0.3, -0.25) is 14.0 Å². The second-order valence-corrected chi connectivity index (χ2v) is 8.14. The first-order chi connectivity index (χ1) is 13.4. The summed E-state index contributed by atoms with van der Waals surface area (Å²) in [4.78, 5) is 26.2. The van der Waals surface area contributed by atoms with Crippen molar-refractivity contribution in [3.63, 3.8) is 0 Å². The van der Waals surface area contributed by atoms with Crippen molar-refractivity contribution in [3.05, 3.63) is 34.6 Å². The van der Waals surface area contributed by atoms with Crippen LogP contribution in [0.1, 0.15) is 58.3 Å². The van der Waals surface area contributed by atoms with Gasteiger partial charge in [0, 0.05) is 18.2 Å². The lowest BCUT2D eigenvalue weighted by Crippen LogP contribution is -2.48. The van der Waals surface area contributed by atoms with Gasteiger partial charge in [-0.2, -0.15) is 5.10 Å². The maximum absolute atomic E-state index is 13.1. The summed E-state index contributed by atoms with van der Waals surface area (Å²) in [5.74, 6) is 1.55. The number of rotatable bonds is 4. The molecule has 1 saturated carbocycles. The Kier molecular flexibility index (Phi) is 4.77. The van der Waals surface area contributed by atoms with Crippen LogP contribution in [0.3, 0.4) is 0 Å². The van der Waals surface area contributed by atoms with E-state index in [1.54, 1.807) is 16.7 Å². The first-order valence-corrected chi connectivity index (χ1v) is 10.2. The number of nitrogens with one attached hydrogen (secondary N) is 1. The van der Waals surface area contributed by atoms with Crippen LogP contribution in [-0.2, 0) is 4.79 Å². The van der Waals surface area contributed by atoms with Crippen LogP contribution in [0.25, 0.3) is 16.6 Å². The number of amides is 1. The molecular formula is C21H28N4O3. The Morgan fingerprint density at radius 1 is 1.36 bits per heavy atom. The van der Waals surface area contributed by atoms with E-state index in [1.807, 2.05) is 19.9 Å². The topological polar surface area (TPSA) is 81.5 Å². The van der Waals surface area contributed by atoms with E-state index in [-0.39, 0.29) is 17.5 Å². The van der Waals surface area contributed by atoms with Gasteiger partial charge >= 0.3 is 0 Å². The van der Waals surface area contributed by atoms with Crippen LogP contribution < -0.4 is 10.9 Å². The molecule has 0 aromatic carbocycles. The highest BCUT2D eigenvalue weighted by Crippen LogP contribution is 2.30. The number of aryl methyl sites for hydroxylation is 1. The molecule has 150 valence electrons. The Hall–Kier alpha value is -2.57. The Bertz CT molecular complexity index is 1080. The van der Waals surface area contributed by atoms with Gasteiger partial charge in [0.25, 0.3) is 5.56 Å². The Balaban J connectivity index is 1.69. The van der Waals surface area contributed by atoms with Crippen molar-refractivity contribution < 1.29 is 9.21 Å². The molecule has 1 fully saturated rings. The van der Waals surface area contributed by atoms with E-state index in [0.29, 0.717) is 35.2 Å². The van der Waals surface area contributed by atoms with E-state index in [2.05, 4.69) is 24.3 Å². The van der Waals surface area contributed by atoms with Crippen LogP contribution in [0.15, 0.2) is 27.6 Å². The van der Waals surface area contributed by atoms with Gasteiger partial charge in [-0.15, -0.1) is 0 Å². The molecule has 28 heavy (non-hydrogen) atoms. The SMILES string of the molecule is CC[C@H](C(=O)N[C@@H]1CCC[C@@H](C)[C@H]1C)n1nc(C)n2c(cc3occc32)c1=O. The summed E-state index contributed by atoms with van der Waals surface area (Å²) in [5.41, 5.74) is 1.66. The molecule has 3 aromatic heterocycles. The van der Waals surface area contributed by atoms with E-state index in [9.17, 15) is 9.59 Å². The summed E-state index contributed by atoms with van der Waals surface area (Å²) < 4.78 is 8.56. The summed E-state index contributed by atoms with van der Waals surface area (Å²) in [6.07, 6.45) is 5.42. The molecule has 1 N–H and O–H groups in total. The molecule has 4 atom stereocenters. The number of hydrogen-bond acceptors (Lipinski definition) is 4. The molecule has 3 heterocycles. The van der Waals surface area contributed by atoms with E-state index in [4.69, 9.17) is 4.42 Å². The number of nitrogens with zero attached hydrogens (tertiary/aromatic N) is 3. The van der Waals surface area contributed by atoms with Gasteiger partial charge in [0.15, 0.2) is 5.58 Å². The van der Waals surface area contributed by atoms with Crippen molar-refractivity contribution in [3.8, 4) is 0 Å². The van der Waals surface area contributed by atoms with Gasteiger partial charge in [-0.25, -0.2) is 4.68 Å². The van der Waals surface area contributed by atoms with Crippen LogP contribution in [0.4, 0.5) is 0 Å². The van der Waals surface area contributed by atoms with Crippen LogP contribution in [0.2, 0.25) is 0 Å². The first kappa shape index (κ1) is 18.8. The van der Waals surface area contributed by atoms with Gasteiger partial charge in [0.05, 0.1) is 11.8 Å². The zero-order valence-corrected chi connectivity index (χ0v) is 16.9. The third-order valence-electron chi connectivity index (χ3n) is 6.45. The standard InChI is InChI=1S/C21H28N4O3/c1-5-16(20(26)22-15-8-6-7-12(2)13(15)3)25-21(27)18-11-19-17(9-10-28-19)24(18)14(4)23-25/h9-13,15-16H,5-8H2,1-4H3,(H,22,26)/t12-,13-,15-,16-/m1/s1. The third-order valence-corrected chi connectivity index (χ3v) is 6.45. The molecular weight excluding hydrogens is 356 g/mol. The molecule has 3 aromatic rings. The van der Waals surface area contributed by atoms with Crippen molar-refractivity contribution in [2.24, 2.45) is 11.8 Å². The fourth-order valence-corrected chi connectivity index (χ4v) is 4.54. The highest BCUT2D eigenvalue weighted by Gasteiger charge is 2.31. The maximum atomic E-state index is 13.1. The van der Waals surface area contributed by atoms with Gasteiger partial charge in [0.1, 0.15) is 17.4 Å². The Labute approximate surface area is 163 Å². The van der Waals surface area contributed by atoms with E-state index < -0.39 is 6.04 Å². The average molecular weight is 384 g/mol. The van der Waals surface area contributed by atoms with E-state index in [1.165, 1.54) is 11.1 Å². The monoisotopic (exact) mass is 384 g/mol. The molecule has 0 unspecified atom stereocenters. The predicted octanol–water partition coefficient (Wildman–Crippen LogP) is 3.44. The Morgan fingerprint density at radius 3 is 2.89 bits per heavy atom. The quantitative estimate of drug-likeness (QED) is 0.747. The highest BCUT2D eigenvalue weighted by atomic mass is 16.3. The molecule has 0 aliphatic heterocycles. The third kappa shape index (κ3) is 2.93. The molecule has 4 rings (SSSR count). The molecule has 0 radical (unpaired) electrons. The zero-order valence-electron chi connectivity index (χ0n) is 16.9. The van der Waals surface area contributed by atoms with Crippen molar-refractivity contribution in [2.75, 3.05) is 0 Å². The Morgan fingerprint density at radius 2 is 2.14 bits per heavy atom. The molecule has 0 spiro atoms. The molecule has 1 amide bonds. The first-order valence-electron chi connectivity index (χ1n) is 10.2. The molecule has 7 nitrogen and oxygen atoms in total. The number of aromatic nitrogens is 3. The fraction of sp³-hybridized carbons (Fsp3) is 0.571. The zero-order chi connectivity index (χ0) is 20.0. The summed E-state index contributed by atoms with van der Waals surface area (Å²) in [6, 6.07) is 3.07. The van der Waals surface area contributed by atoms with Crippen molar-refractivity contribution in [1.29, 1.82) is 0 Å². The molecule has 0 saturated heterocycles. The van der Waals surface area contributed by atoms with Crippen molar-refractivity contribution in [2.45, 2.75) is 65.5 Å². The number of fused-ring (bicyclic) bond motifs is 3. The molecule has 1 aliphatic rings. The lowest BCUT2D eigenvalue weighted by atomic mass is 9.78. The highest BCUT2D eigenvalue weighted by molar-refractivity contribution is 5.83. The van der Waals surface area contributed by atoms with E-state index in [0.717, 1.165) is 18.4 Å². The number of carbonyl (C=O) groups is 1. The summed E-state index contributed by atoms with van der Waals surface area (Å²) >= 11 is 0. The lowest BCUT2D eigenvalue weighted by Gasteiger charge is -2.35. The average Bonchev–Trinajstić information content (AvgIpc) is 3.25. The molecule has 1 aliphatic carbocycles. The van der Waals surface area contributed by atoms with Gasteiger partial charge in [-0.1, -0.05) is 33.6 Å². The minimum Gasteiger partial charge on any atom is -0.463 e. The van der Waals surface area contributed by atoms with Gasteiger partial charge in [0.2, 0.25) is 5.91 Å². The summed E-state index contributed by atoms with van der Waals surface area (Å²) in [6.45, 7) is 8.19. The largest absolute Gasteiger partial charge is 0.463 e. The minimum absolute atomic E-state index is 0.123. The van der Waals surface area contributed by atoms with Gasteiger partial charge < -0.3 is 9.73 Å². The predicted molar refractivity (Wildman–Crippen MR) is 107 cm³/mol. The fourth-order valence-electron chi connectivity index (χ4n) is 4.54. The van der Waals surface area contributed by atoms with Crippen LogP contribution in [0.5, 0.6) is 0 Å². The van der Waals surface area contributed by atoms with E-state index >= 15 is 0 Å². The van der Waals surface area contributed by atoms with Crippen LogP contribution in [-0.4, -0.2) is 26.1 Å². The van der Waals surface area contributed by atoms with Crippen LogP contribution >= 0.6 is 0 Å². The smallest absolute Gasteiger partial charge is 0.291 e. The van der Waals surface area contributed by atoms with Crippen molar-refractivity contribution in [1.82, 2.24) is 19.5 Å². The number of furan rings is 1. The maximum Gasteiger partial charge on any atom is 0.291 e. The molecule has 7 heteroatoms. The van der Waals surface area contributed by atoms with Crippen molar-refractivity contribution >= 4 is 22.5 Å². The minimum atomic E-state index is -0.623. The molecule has 0 bridgehead atoms. The second-order valence-electron chi connectivity index (χ2n) is 8.14. The van der Waals surface area contributed by atoms with Crippen LogP contribution in [0, 0.1) is 18.8 Å². The normalized spacial score (nSPS) is 23.9. The number of carbonyl (C=O) groups excluding carboxylic acids is 1. The summed E-state index contributed by atoms with van der Waals surface area (Å²) in [5, 5.41) is 7.69. The summed E-state index contributed by atoms with van der Waals surface area (Å²) in [7, 11) is 0.